The molecule has 0 unspecified atom stereocenters. The molecule has 0 spiro atoms. The largest absolute Gasteiger partial charge is 0.378 e. The van der Waals surface area contributed by atoms with Crippen LogP contribution in [0.15, 0.2) is 54.6 Å². The predicted octanol–water partition coefficient (Wildman–Crippen LogP) is 3.32. The van der Waals surface area contributed by atoms with Crippen molar-refractivity contribution in [3.8, 4) is 11.1 Å². The fourth-order valence-electron chi connectivity index (χ4n) is 3.17. The Kier molecular flexibility index (Phi) is 6.02. The maximum atomic E-state index is 12.3. The van der Waals surface area contributed by atoms with Crippen molar-refractivity contribution in [3.63, 3.8) is 0 Å². The first-order valence-corrected chi connectivity index (χ1v) is 9.04. The Balaban J connectivity index is 1.55. The molecule has 1 fully saturated rings. The van der Waals surface area contributed by atoms with Gasteiger partial charge in [-0.25, -0.2) is 0 Å². The van der Waals surface area contributed by atoms with Gasteiger partial charge in [-0.1, -0.05) is 42.5 Å². The van der Waals surface area contributed by atoms with Gasteiger partial charge in [0.05, 0.1) is 6.10 Å². The first-order chi connectivity index (χ1) is 12.7. The Morgan fingerprint density at radius 3 is 2.23 bits per heavy atom. The third-order valence-corrected chi connectivity index (χ3v) is 4.58. The normalized spacial score (nSPS) is 14.9. The average molecular weight is 352 g/mol. The maximum Gasteiger partial charge on any atom is 0.313 e. The van der Waals surface area contributed by atoms with Crippen LogP contribution in [0.5, 0.6) is 0 Å². The molecule has 5 nitrogen and oxygen atoms in total. The molecule has 26 heavy (non-hydrogen) atoms. The van der Waals surface area contributed by atoms with Gasteiger partial charge in [-0.05, 0) is 43.0 Å². The van der Waals surface area contributed by atoms with Crippen LogP contribution in [-0.4, -0.2) is 42.5 Å². The second kappa shape index (κ2) is 8.63. The van der Waals surface area contributed by atoms with Crippen molar-refractivity contribution in [2.75, 3.05) is 25.0 Å². The zero-order valence-corrected chi connectivity index (χ0v) is 15.0. The van der Waals surface area contributed by atoms with Crippen LogP contribution in [0, 0.1) is 0 Å². The van der Waals surface area contributed by atoms with Gasteiger partial charge in [0, 0.05) is 25.4 Å². The molecule has 0 atom stereocenters. The van der Waals surface area contributed by atoms with E-state index in [1.165, 1.54) is 0 Å². The number of carbonyl (C=O) groups excluding carboxylic acids is 2. The SMILES string of the molecule is CCOC1CCN(C(=O)C(=O)Nc2ccc(-c3ccccc3)cc2)CC1. The minimum absolute atomic E-state index is 0.192. The van der Waals surface area contributed by atoms with Gasteiger partial charge in [0.2, 0.25) is 0 Å². The number of ether oxygens (including phenoxy) is 1. The highest BCUT2D eigenvalue weighted by Crippen LogP contribution is 2.21. The van der Waals surface area contributed by atoms with E-state index < -0.39 is 11.8 Å². The van der Waals surface area contributed by atoms with E-state index in [-0.39, 0.29) is 6.10 Å². The molecule has 1 aliphatic heterocycles. The monoisotopic (exact) mass is 352 g/mol. The minimum Gasteiger partial charge on any atom is -0.378 e. The lowest BCUT2D eigenvalue weighted by molar-refractivity contribution is -0.144. The van der Waals surface area contributed by atoms with E-state index in [0.717, 1.165) is 24.0 Å². The number of amides is 2. The molecule has 1 saturated heterocycles. The van der Waals surface area contributed by atoms with Crippen molar-refractivity contribution in [1.29, 1.82) is 0 Å². The number of anilines is 1. The molecule has 1 heterocycles. The molecule has 1 aliphatic rings. The molecule has 2 aromatic carbocycles. The van der Waals surface area contributed by atoms with Crippen LogP contribution >= 0.6 is 0 Å². The van der Waals surface area contributed by atoms with E-state index in [1.54, 1.807) is 4.90 Å². The third-order valence-electron chi connectivity index (χ3n) is 4.58. The van der Waals surface area contributed by atoms with Crippen molar-refractivity contribution in [2.45, 2.75) is 25.9 Å². The Morgan fingerprint density at radius 1 is 1.00 bits per heavy atom. The summed E-state index contributed by atoms with van der Waals surface area (Å²) in [6.45, 7) is 3.76. The van der Waals surface area contributed by atoms with Gasteiger partial charge in [-0.15, -0.1) is 0 Å². The topological polar surface area (TPSA) is 58.6 Å². The summed E-state index contributed by atoms with van der Waals surface area (Å²) < 4.78 is 5.58. The van der Waals surface area contributed by atoms with E-state index in [1.807, 2.05) is 61.5 Å². The summed E-state index contributed by atoms with van der Waals surface area (Å²) in [7, 11) is 0. The summed E-state index contributed by atoms with van der Waals surface area (Å²) in [5.74, 6) is -1.07. The van der Waals surface area contributed by atoms with Gasteiger partial charge in [0.25, 0.3) is 0 Å². The third kappa shape index (κ3) is 4.49. The van der Waals surface area contributed by atoms with Crippen LogP contribution in [0.3, 0.4) is 0 Å². The van der Waals surface area contributed by atoms with Crippen LogP contribution in [0.1, 0.15) is 19.8 Å². The van der Waals surface area contributed by atoms with Gasteiger partial charge in [0.15, 0.2) is 0 Å². The number of nitrogens with zero attached hydrogens (tertiary/aromatic N) is 1. The van der Waals surface area contributed by atoms with Crippen molar-refractivity contribution in [3.05, 3.63) is 54.6 Å². The summed E-state index contributed by atoms with van der Waals surface area (Å²) in [4.78, 5) is 26.2. The molecule has 0 radical (unpaired) electrons. The van der Waals surface area contributed by atoms with E-state index in [4.69, 9.17) is 4.74 Å². The number of nitrogens with one attached hydrogen (secondary N) is 1. The molecule has 0 aliphatic carbocycles. The van der Waals surface area contributed by atoms with Crippen LogP contribution in [0.4, 0.5) is 5.69 Å². The second-order valence-corrected chi connectivity index (χ2v) is 6.34. The lowest BCUT2D eigenvalue weighted by Crippen LogP contribution is -2.45. The summed E-state index contributed by atoms with van der Waals surface area (Å²) in [5.41, 5.74) is 2.79. The van der Waals surface area contributed by atoms with Crippen molar-refractivity contribution in [1.82, 2.24) is 4.90 Å². The van der Waals surface area contributed by atoms with Crippen molar-refractivity contribution < 1.29 is 14.3 Å². The van der Waals surface area contributed by atoms with Crippen LogP contribution in [-0.2, 0) is 14.3 Å². The molecule has 3 rings (SSSR count). The van der Waals surface area contributed by atoms with E-state index in [2.05, 4.69) is 5.32 Å². The highest BCUT2D eigenvalue weighted by Gasteiger charge is 2.27. The molecular formula is C21H24N2O3. The number of hydrogen-bond donors (Lipinski definition) is 1. The van der Waals surface area contributed by atoms with E-state index >= 15 is 0 Å². The number of benzene rings is 2. The highest BCUT2D eigenvalue weighted by atomic mass is 16.5. The standard InChI is InChI=1S/C21H24N2O3/c1-2-26-19-12-14-23(15-13-19)21(25)20(24)22-18-10-8-17(9-11-18)16-6-4-3-5-7-16/h3-11,19H,2,12-15H2,1H3,(H,22,24). The van der Waals surface area contributed by atoms with Gasteiger partial charge < -0.3 is 15.0 Å². The van der Waals surface area contributed by atoms with Gasteiger partial charge in [-0.3, -0.25) is 9.59 Å². The number of likely N-dealkylation sites (tertiary alicyclic amines) is 1. The molecule has 2 amide bonds. The second-order valence-electron chi connectivity index (χ2n) is 6.34. The summed E-state index contributed by atoms with van der Waals surface area (Å²) in [6, 6.07) is 17.5. The molecule has 136 valence electrons. The van der Waals surface area contributed by atoms with Gasteiger partial charge in [-0.2, -0.15) is 0 Å². The number of piperidine rings is 1. The molecule has 1 N–H and O–H groups in total. The predicted molar refractivity (Wildman–Crippen MR) is 102 cm³/mol. The fourth-order valence-corrected chi connectivity index (χ4v) is 3.17. The lowest BCUT2D eigenvalue weighted by atomic mass is 10.1. The Morgan fingerprint density at radius 2 is 1.62 bits per heavy atom. The van der Waals surface area contributed by atoms with Crippen LogP contribution in [0.2, 0.25) is 0 Å². The zero-order chi connectivity index (χ0) is 18.4. The van der Waals surface area contributed by atoms with E-state index in [0.29, 0.717) is 25.4 Å². The molecule has 5 heteroatoms. The molecular weight excluding hydrogens is 328 g/mol. The highest BCUT2D eigenvalue weighted by molar-refractivity contribution is 6.39. The number of hydrogen-bond acceptors (Lipinski definition) is 3. The summed E-state index contributed by atoms with van der Waals surface area (Å²) >= 11 is 0. The van der Waals surface area contributed by atoms with Crippen molar-refractivity contribution in [2.24, 2.45) is 0 Å². The average Bonchev–Trinajstić information content (AvgIpc) is 2.69. The first-order valence-electron chi connectivity index (χ1n) is 9.04. The maximum absolute atomic E-state index is 12.3. The number of rotatable bonds is 4. The minimum atomic E-state index is -0.590. The quantitative estimate of drug-likeness (QED) is 0.859. The Bertz CT molecular complexity index is 736. The summed E-state index contributed by atoms with van der Waals surface area (Å²) in [6.07, 6.45) is 1.75. The Labute approximate surface area is 154 Å². The fraction of sp³-hybridized carbons (Fsp3) is 0.333. The molecule has 0 bridgehead atoms. The van der Waals surface area contributed by atoms with Gasteiger partial charge in [0.1, 0.15) is 0 Å². The molecule has 2 aromatic rings. The summed E-state index contributed by atoms with van der Waals surface area (Å²) in [5, 5.41) is 2.69. The molecule has 0 aromatic heterocycles. The van der Waals surface area contributed by atoms with Crippen molar-refractivity contribution >= 4 is 17.5 Å². The van der Waals surface area contributed by atoms with Gasteiger partial charge >= 0.3 is 11.8 Å². The molecule has 0 saturated carbocycles. The first kappa shape index (κ1) is 18.1. The smallest absolute Gasteiger partial charge is 0.313 e. The number of carbonyl (C=O) groups is 2. The Hall–Kier alpha value is -2.66. The zero-order valence-electron chi connectivity index (χ0n) is 15.0. The van der Waals surface area contributed by atoms with Crippen LogP contribution < -0.4 is 5.32 Å². The van der Waals surface area contributed by atoms with E-state index in [9.17, 15) is 9.59 Å². The lowest BCUT2D eigenvalue weighted by Gasteiger charge is -2.31. The van der Waals surface area contributed by atoms with Crippen LogP contribution in [0.25, 0.3) is 11.1 Å².